The van der Waals surface area contributed by atoms with Crippen LogP contribution in [0, 0.1) is 5.82 Å². The molecular weight excluding hydrogens is 559 g/mol. The minimum atomic E-state index is -0.836. The molecule has 1 amide bonds. The molecule has 4 aromatic heterocycles. The maximum Gasteiger partial charge on any atom is 0.356 e. The van der Waals surface area contributed by atoms with Gasteiger partial charge in [0.05, 0.1) is 35.0 Å². The molecule has 1 aromatic carbocycles. The summed E-state index contributed by atoms with van der Waals surface area (Å²) in [7, 11) is 3.20. The number of ketones is 1. The highest BCUT2D eigenvalue weighted by Gasteiger charge is 2.32. The molecular formula is C28H27FN10O4. The summed E-state index contributed by atoms with van der Waals surface area (Å²) in [6.45, 7) is 3.17. The monoisotopic (exact) mass is 586 g/mol. The first kappa shape index (κ1) is 27.7. The molecule has 6 rings (SSSR count). The van der Waals surface area contributed by atoms with Crippen molar-refractivity contribution in [1.82, 2.24) is 44.4 Å². The van der Waals surface area contributed by atoms with Crippen LogP contribution in [-0.4, -0.2) is 94.9 Å². The van der Waals surface area contributed by atoms with Crippen LogP contribution in [0.15, 0.2) is 48.8 Å². The highest BCUT2D eigenvalue weighted by molar-refractivity contribution is 6.45. The summed E-state index contributed by atoms with van der Waals surface area (Å²) >= 11 is 0. The van der Waals surface area contributed by atoms with Crippen molar-refractivity contribution in [2.45, 2.75) is 6.92 Å². The van der Waals surface area contributed by atoms with E-state index >= 15 is 4.39 Å². The van der Waals surface area contributed by atoms with Gasteiger partial charge in [-0.1, -0.05) is 23.3 Å². The predicted molar refractivity (Wildman–Crippen MR) is 151 cm³/mol. The second kappa shape index (κ2) is 11.1. The van der Waals surface area contributed by atoms with Crippen LogP contribution in [0.1, 0.15) is 27.8 Å². The molecule has 5 heterocycles. The lowest BCUT2D eigenvalue weighted by atomic mass is 10.1. The zero-order valence-corrected chi connectivity index (χ0v) is 23.6. The standard InChI is InChI=1S/C28H27FN10O4/c1-4-43-27(42)21-14-20(32-36(21)3)23-24-22(19(29)15-30-23)18(16-35(24)2)25(40)26(41)37-10-12-38(13-11-37)28-31-33-34-39(28)17-8-6-5-7-9-17/h5-9,14-16H,4,10-13H2,1-3H3. The third kappa shape index (κ3) is 4.87. The third-order valence-corrected chi connectivity index (χ3v) is 7.30. The van der Waals surface area contributed by atoms with E-state index in [4.69, 9.17) is 4.74 Å². The van der Waals surface area contributed by atoms with Crippen LogP contribution >= 0.6 is 0 Å². The number of amides is 1. The van der Waals surface area contributed by atoms with Gasteiger partial charge in [-0.15, -0.1) is 0 Å². The van der Waals surface area contributed by atoms with E-state index in [1.165, 1.54) is 26.4 Å². The van der Waals surface area contributed by atoms with Gasteiger partial charge in [-0.2, -0.15) is 9.78 Å². The fourth-order valence-corrected chi connectivity index (χ4v) is 5.22. The Morgan fingerprint density at radius 3 is 2.51 bits per heavy atom. The Hall–Kier alpha value is -5.47. The highest BCUT2D eigenvalue weighted by atomic mass is 19.1. The van der Waals surface area contributed by atoms with Crippen molar-refractivity contribution in [3.05, 3.63) is 65.9 Å². The molecule has 220 valence electrons. The number of aromatic nitrogens is 8. The molecule has 1 aliphatic rings. The molecule has 0 unspecified atom stereocenters. The van der Waals surface area contributed by atoms with Crippen LogP contribution in [-0.2, 0) is 23.6 Å². The number of tetrazole rings is 1. The lowest BCUT2D eigenvalue weighted by molar-refractivity contribution is -0.126. The first-order valence-corrected chi connectivity index (χ1v) is 13.6. The van der Waals surface area contributed by atoms with Crippen molar-refractivity contribution in [2.24, 2.45) is 14.1 Å². The molecule has 15 heteroatoms. The van der Waals surface area contributed by atoms with Gasteiger partial charge in [0.25, 0.3) is 11.7 Å². The molecule has 1 saturated heterocycles. The fourth-order valence-electron chi connectivity index (χ4n) is 5.22. The van der Waals surface area contributed by atoms with E-state index in [0.29, 0.717) is 19.0 Å². The summed E-state index contributed by atoms with van der Waals surface area (Å²) in [4.78, 5) is 46.8. The second-order valence-electron chi connectivity index (χ2n) is 9.93. The van der Waals surface area contributed by atoms with Crippen molar-refractivity contribution in [2.75, 3.05) is 37.7 Å². The number of anilines is 1. The molecule has 0 spiro atoms. The van der Waals surface area contributed by atoms with Crippen LogP contribution in [0.3, 0.4) is 0 Å². The van der Waals surface area contributed by atoms with Gasteiger partial charge in [-0.3, -0.25) is 14.3 Å². The summed E-state index contributed by atoms with van der Waals surface area (Å²) in [6.07, 6.45) is 2.39. The number of aryl methyl sites for hydroxylation is 2. The van der Waals surface area contributed by atoms with Crippen LogP contribution in [0.5, 0.6) is 0 Å². The lowest BCUT2D eigenvalue weighted by Gasteiger charge is -2.34. The van der Waals surface area contributed by atoms with Crippen LogP contribution in [0.2, 0.25) is 0 Å². The number of benzene rings is 1. The Balaban J connectivity index is 1.24. The van der Waals surface area contributed by atoms with Gasteiger partial charge in [-0.05, 0) is 29.5 Å². The van der Waals surface area contributed by atoms with Gasteiger partial charge in [0.2, 0.25) is 5.95 Å². The predicted octanol–water partition coefficient (Wildman–Crippen LogP) is 1.80. The number of rotatable bonds is 7. The molecule has 0 saturated carbocycles. The van der Waals surface area contributed by atoms with Gasteiger partial charge in [0, 0.05) is 52.5 Å². The Morgan fingerprint density at radius 1 is 1.05 bits per heavy atom. The summed E-state index contributed by atoms with van der Waals surface area (Å²) in [5, 5.41) is 16.3. The van der Waals surface area contributed by atoms with E-state index in [1.807, 2.05) is 35.2 Å². The number of hydrogen-bond donors (Lipinski definition) is 0. The maximum absolute atomic E-state index is 15.2. The summed E-state index contributed by atoms with van der Waals surface area (Å²) in [5.74, 6) is -2.37. The SMILES string of the molecule is CCOC(=O)c1cc(-c2ncc(F)c3c(C(=O)C(=O)N4CCN(c5nnnn5-c5ccccc5)CC4)cn(C)c23)nn1C. The number of esters is 1. The minimum Gasteiger partial charge on any atom is -0.461 e. The number of carbonyl (C=O) groups excluding carboxylic acids is 3. The average molecular weight is 587 g/mol. The molecule has 43 heavy (non-hydrogen) atoms. The van der Waals surface area contributed by atoms with Crippen molar-refractivity contribution >= 4 is 34.5 Å². The van der Waals surface area contributed by atoms with E-state index in [-0.39, 0.29) is 53.2 Å². The van der Waals surface area contributed by atoms with Crippen molar-refractivity contribution < 1.29 is 23.5 Å². The van der Waals surface area contributed by atoms with Crippen molar-refractivity contribution in [1.29, 1.82) is 0 Å². The number of nitrogens with zero attached hydrogens (tertiary/aromatic N) is 10. The van der Waals surface area contributed by atoms with Crippen molar-refractivity contribution in [3.63, 3.8) is 0 Å². The number of ether oxygens (including phenoxy) is 1. The van der Waals surface area contributed by atoms with E-state index in [2.05, 4.69) is 25.6 Å². The number of hydrogen-bond acceptors (Lipinski definition) is 10. The largest absolute Gasteiger partial charge is 0.461 e. The summed E-state index contributed by atoms with van der Waals surface area (Å²) in [6, 6.07) is 10.9. The van der Waals surface area contributed by atoms with Crippen molar-refractivity contribution in [3.8, 4) is 17.1 Å². The average Bonchev–Trinajstić information content (AvgIpc) is 3.75. The summed E-state index contributed by atoms with van der Waals surface area (Å²) in [5.41, 5.74) is 1.71. The zero-order valence-electron chi connectivity index (χ0n) is 23.6. The van der Waals surface area contributed by atoms with E-state index < -0.39 is 23.5 Å². The molecule has 1 aliphatic heterocycles. The fraction of sp³-hybridized carbons (Fsp3) is 0.286. The topological polar surface area (TPSA) is 146 Å². The van der Waals surface area contributed by atoms with Gasteiger partial charge >= 0.3 is 5.97 Å². The number of halogens is 1. The van der Waals surface area contributed by atoms with E-state index in [9.17, 15) is 14.4 Å². The molecule has 0 N–H and O–H groups in total. The second-order valence-corrected chi connectivity index (χ2v) is 9.93. The molecule has 0 atom stereocenters. The van der Waals surface area contributed by atoms with Gasteiger partial charge < -0.3 is 19.1 Å². The number of pyridine rings is 1. The molecule has 1 fully saturated rings. The third-order valence-electron chi connectivity index (χ3n) is 7.30. The van der Waals surface area contributed by atoms with Gasteiger partial charge in [0.1, 0.15) is 17.1 Å². The zero-order chi connectivity index (χ0) is 30.2. The Bertz CT molecular complexity index is 1850. The molecule has 0 bridgehead atoms. The first-order chi connectivity index (χ1) is 20.8. The Labute approximate surface area is 244 Å². The van der Waals surface area contributed by atoms with Crippen LogP contribution in [0.4, 0.5) is 10.3 Å². The van der Waals surface area contributed by atoms with Gasteiger partial charge in [-0.25, -0.2) is 14.2 Å². The Kier molecular flexibility index (Phi) is 7.13. The van der Waals surface area contributed by atoms with E-state index in [1.54, 1.807) is 25.7 Å². The first-order valence-electron chi connectivity index (χ1n) is 13.6. The quantitative estimate of drug-likeness (QED) is 0.157. The number of piperazine rings is 1. The maximum atomic E-state index is 15.2. The lowest BCUT2D eigenvalue weighted by Crippen LogP contribution is -2.51. The van der Waals surface area contributed by atoms with Crippen LogP contribution < -0.4 is 4.90 Å². The number of para-hydroxylation sites is 1. The van der Waals surface area contributed by atoms with E-state index in [0.717, 1.165) is 11.9 Å². The Morgan fingerprint density at radius 2 is 1.79 bits per heavy atom. The molecule has 5 aromatic rings. The normalized spacial score (nSPS) is 13.5. The highest BCUT2D eigenvalue weighted by Crippen LogP contribution is 2.32. The molecule has 0 aliphatic carbocycles. The number of carbonyl (C=O) groups is 3. The summed E-state index contributed by atoms with van der Waals surface area (Å²) < 4.78 is 24.8. The van der Waals surface area contributed by atoms with Crippen LogP contribution in [0.25, 0.3) is 28.0 Å². The molecule has 0 radical (unpaired) electrons. The van der Waals surface area contributed by atoms with Gasteiger partial charge in [0.15, 0.2) is 5.82 Å². The number of Topliss-reactive ketones (excluding diaryl/α,β-unsaturated/α-hetero) is 1. The molecule has 14 nitrogen and oxygen atoms in total. The smallest absolute Gasteiger partial charge is 0.356 e. The minimum absolute atomic E-state index is 0.0464. The number of fused-ring (bicyclic) bond motifs is 1.